The predicted octanol–water partition coefficient (Wildman–Crippen LogP) is 1.35. The summed E-state index contributed by atoms with van der Waals surface area (Å²) in [6.07, 6.45) is -2.14. The van der Waals surface area contributed by atoms with Crippen molar-refractivity contribution in [2.75, 3.05) is 6.61 Å². The molecule has 3 N–H and O–H groups in total. The highest BCUT2D eigenvalue weighted by Crippen LogP contribution is 2.29. The maximum atomic E-state index is 12.6. The van der Waals surface area contributed by atoms with E-state index in [0.29, 0.717) is 11.1 Å². The lowest BCUT2D eigenvalue weighted by molar-refractivity contribution is -0.145. The lowest BCUT2D eigenvalue weighted by Crippen LogP contribution is -2.16. The summed E-state index contributed by atoms with van der Waals surface area (Å²) in [7, 11) is 0. The number of halogens is 3. The highest BCUT2D eigenvalue weighted by Gasteiger charge is 2.35. The van der Waals surface area contributed by atoms with Gasteiger partial charge in [0.25, 0.3) is 0 Å². The molecule has 0 saturated carbocycles. The molecule has 2 heterocycles. The molecule has 0 aliphatic rings. The monoisotopic (exact) mass is 245 g/mol. The standard InChI is InChI=1S/C10H10F3N3O/c11-10(12,13)9-15-3-7-2-1-6(4-16(7)9)8(14)5-17/h1-4,8,17H,5,14H2. The maximum Gasteiger partial charge on any atom is 0.450 e. The average Bonchev–Trinajstić information content (AvgIpc) is 2.70. The van der Waals surface area contributed by atoms with E-state index in [1.54, 1.807) is 6.07 Å². The molecule has 2 rings (SSSR count). The summed E-state index contributed by atoms with van der Waals surface area (Å²) in [4.78, 5) is 3.33. The average molecular weight is 245 g/mol. The number of alkyl halides is 3. The number of aliphatic hydroxyl groups excluding tert-OH is 1. The van der Waals surface area contributed by atoms with Gasteiger partial charge in [0.1, 0.15) is 0 Å². The Hall–Kier alpha value is -1.60. The van der Waals surface area contributed by atoms with Gasteiger partial charge >= 0.3 is 6.18 Å². The van der Waals surface area contributed by atoms with Crippen LogP contribution in [0.2, 0.25) is 0 Å². The molecule has 0 radical (unpaired) electrons. The topological polar surface area (TPSA) is 63.5 Å². The fourth-order valence-electron chi connectivity index (χ4n) is 1.54. The Morgan fingerprint density at radius 2 is 2.12 bits per heavy atom. The summed E-state index contributed by atoms with van der Waals surface area (Å²) >= 11 is 0. The quantitative estimate of drug-likeness (QED) is 0.839. The zero-order valence-electron chi connectivity index (χ0n) is 8.65. The Kier molecular flexibility index (Phi) is 2.80. The third-order valence-electron chi connectivity index (χ3n) is 2.43. The SMILES string of the molecule is NC(CO)c1ccc2cnc(C(F)(F)F)n2c1. The van der Waals surface area contributed by atoms with E-state index in [4.69, 9.17) is 10.8 Å². The molecule has 0 fully saturated rings. The van der Waals surface area contributed by atoms with Gasteiger partial charge in [-0.3, -0.25) is 4.40 Å². The molecule has 4 nitrogen and oxygen atoms in total. The molecule has 0 aliphatic carbocycles. The summed E-state index contributed by atoms with van der Waals surface area (Å²) in [6.45, 7) is -0.332. The van der Waals surface area contributed by atoms with Crippen LogP contribution in [0.4, 0.5) is 13.2 Å². The van der Waals surface area contributed by atoms with Gasteiger partial charge in [-0.15, -0.1) is 0 Å². The van der Waals surface area contributed by atoms with Gasteiger partial charge in [-0.1, -0.05) is 6.07 Å². The van der Waals surface area contributed by atoms with Gasteiger partial charge in [0, 0.05) is 6.20 Å². The number of rotatable bonds is 2. The van der Waals surface area contributed by atoms with E-state index in [9.17, 15) is 13.2 Å². The van der Waals surface area contributed by atoms with E-state index < -0.39 is 18.0 Å². The van der Waals surface area contributed by atoms with Crippen LogP contribution in [0.25, 0.3) is 5.52 Å². The molecule has 2 aromatic heterocycles. The fraction of sp³-hybridized carbons (Fsp3) is 0.300. The zero-order chi connectivity index (χ0) is 12.6. The van der Waals surface area contributed by atoms with Crippen molar-refractivity contribution in [2.24, 2.45) is 5.73 Å². The summed E-state index contributed by atoms with van der Waals surface area (Å²) in [5.74, 6) is -1.00. The second kappa shape index (κ2) is 4.01. The van der Waals surface area contributed by atoms with Crippen molar-refractivity contribution in [2.45, 2.75) is 12.2 Å². The summed E-state index contributed by atoms with van der Waals surface area (Å²) in [5.41, 5.74) is 6.29. The minimum absolute atomic E-state index is 0.325. The fourth-order valence-corrected chi connectivity index (χ4v) is 1.54. The number of nitrogens with zero attached hydrogens (tertiary/aromatic N) is 2. The van der Waals surface area contributed by atoms with Crippen LogP contribution >= 0.6 is 0 Å². The lowest BCUT2D eigenvalue weighted by Gasteiger charge is -2.10. The van der Waals surface area contributed by atoms with Crippen LogP contribution in [0.3, 0.4) is 0 Å². The highest BCUT2D eigenvalue weighted by atomic mass is 19.4. The van der Waals surface area contributed by atoms with E-state index >= 15 is 0 Å². The summed E-state index contributed by atoms with van der Waals surface area (Å²) < 4.78 is 38.7. The molecular weight excluding hydrogens is 235 g/mol. The lowest BCUT2D eigenvalue weighted by atomic mass is 10.1. The van der Waals surface area contributed by atoms with Crippen molar-refractivity contribution < 1.29 is 18.3 Å². The van der Waals surface area contributed by atoms with E-state index in [0.717, 1.165) is 10.6 Å². The Labute approximate surface area is 94.5 Å². The van der Waals surface area contributed by atoms with Gasteiger partial charge in [-0.05, 0) is 11.6 Å². The molecule has 0 spiro atoms. The molecule has 7 heteroatoms. The van der Waals surface area contributed by atoms with Crippen LogP contribution in [0.15, 0.2) is 24.5 Å². The number of aliphatic hydroxyl groups is 1. The van der Waals surface area contributed by atoms with Crippen molar-refractivity contribution in [3.05, 3.63) is 35.9 Å². The molecule has 0 amide bonds. The zero-order valence-corrected chi connectivity index (χ0v) is 8.65. The third kappa shape index (κ3) is 2.11. The highest BCUT2D eigenvalue weighted by molar-refractivity contribution is 5.47. The van der Waals surface area contributed by atoms with Crippen LogP contribution in [0.1, 0.15) is 17.4 Å². The summed E-state index contributed by atoms with van der Waals surface area (Å²) in [5, 5.41) is 8.87. The smallest absolute Gasteiger partial charge is 0.394 e. The molecule has 0 saturated heterocycles. The van der Waals surface area contributed by atoms with Gasteiger partial charge in [-0.25, -0.2) is 4.98 Å². The first-order valence-corrected chi connectivity index (χ1v) is 4.84. The number of hydrogen-bond donors (Lipinski definition) is 2. The number of hydrogen-bond acceptors (Lipinski definition) is 3. The minimum atomic E-state index is -4.52. The van der Waals surface area contributed by atoms with E-state index in [-0.39, 0.29) is 6.61 Å². The number of nitrogens with two attached hydrogens (primary N) is 1. The Morgan fingerprint density at radius 3 is 2.71 bits per heavy atom. The molecule has 17 heavy (non-hydrogen) atoms. The van der Waals surface area contributed by atoms with Crippen LogP contribution in [0.5, 0.6) is 0 Å². The number of imidazole rings is 1. The molecular formula is C10H10F3N3O. The number of fused-ring (bicyclic) bond motifs is 1. The Morgan fingerprint density at radius 1 is 1.41 bits per heavy atom. The molecule has 0 aliphatic heterocycles. The molecule has 2 aromatic rings. The maximum absolute atomic E-state index is 12.6. The van der Waals surface area contributed by atoms with Gasteiger partial charge in [0.15, 0.2) is 0 Å². The molecule has 1 unspecified atom stereocenters. The van der Waals surface area contributed by atoms with Gasteiger partial charge in [0.2, 0.25) is 5.82 Å². The Bertz CT molecular complexity index is 535. The van der Waals surface area contributed by atoms with Crippen molar-refractivity contribution in [1.82, 2.24) is 9.38 Å². The molecule has 0 aromatic carbocycles. The van der Waals surface area contributed by atoms with Crippen molar-refractivity contribution in [1.29, 1.82) is 0 Å². The van der Waals surface area contributed by atoms with Crippen LogP contribution in [0, 0.1) is 0 Å². The van der Waals surface area contributed by atoms with E-state index in [1.165, 1.54) is 12.3 Å². The van der Waals surface area contributed by atoms with Crippen LogP contribution < -0.4 is 5.73 Å². The van der Waals surface area contributed by atoms with Gasteiger partial charge in [-0.2, -0.15) is 13.2 Å². The minimum Gasteiger partial charge on any atom is -0.394 e. The number of aromatic nitrogens is 2. The first kappa shape index (κ1) is 11.9. The normalized spacial score (nSPS) is 14.2. The van der Waals surface area contributed by atoms with E-state index in [1.807, 2.05) is 0 Å². The second-order valence-corrected chi connectivity index (χ2v) is 3.63. The van der Waals surface area contributed by atoms with Crippen molar-refractivity contribution in [3.8, 4) is 0 Å². The first-order chi connectivity index (χ1) is 7.93. The van der Waals surface area contributed by atoms with Crippen molar-refractivity contribution >= 4 is 5.52 Å². The van der Waals surface area contributed by atoms with Crippen LogP contribution in [-0.2, 0) is 6.18 Å². The summed E-state index contributed by atoms with van der Waals surface area (Å²) in [6, 6.07) is 2.34. The number of pyridine rings is 1. The van der Waals surface area contributed by atoms with Gasteiger partial charge < -0.3 is 10.8 Å². The largest absolute Gasteiger partial charge is 0.450 e. The van der Waals surface area contributed by atoms with Crippen molar-refractivity contribution in [3.63, 3.8) is 0 Å². The molecule has 92 valence electrons. The molecule has 1 atom stereocenters. The van der Waals surface area contributed by atoms with Gasteiger partial charge in [0.05, 0.1) is 24.4 Å². The first-order valence-electron chi connectivity index (χ1n) is 4.84. The van der Waals surface area contributed by atoms with E-state index in [2.05, 4.69) is 4.98 Å². The van der Waals surface area contributed by atoms with Crippen LogP contribution in [-0.4, -0.2) is 21.1 Å². The third-order valence-corrected chi connectivity index (χ3v) is 2.43. The Balaban J connectivity index is 2.58. The predicted molar refractivity (Wildman–Crippen MR) is 54.2 cm³/mol. The molecule has 0 bridgehead atoms. The second-order valence-electron chi connectivity index (χ2n) is 3.63.